The fourth-order valence-corrected chi connectivity index (χ4v) is 6.61. The summed E-state index contributed by atoms with van der Waals surface area (Å²) in [6.45, 7) is 5.06. The van der Waals surface area contributed by atoms with Crippen LogP contribution in [0.4, 0.5) is 0 Å². The number of aryl methyl sites for hydroxylation is 1. The maximum Gasteiger partial charge on any atom is 0.337 e. The third kappa shape index (κ3) is 5.91. The van der Waals surface area contributed by atoms with Gasteiger partial charge in [-0.25, -0.2) is 14.6 Å². The normalized spacial score (nSPS) is 11.9. The van der Waals surface area contributed by atoms with E-state index in [1.54, 1.807) is 35.1 Å². The molecule has 5 aromatic rings. The second kappa shape index (κ2) is 12.3. The lowest BCUT2D eigenvalue weighted by atomic mass is 10.1. The number of para-hydroxylation sites is 4. The number of carbonyl (C=O) groups excluding carboxylic acids is 1. The minimum Gasteiger partial charge on any atom is -0.465 e. The molecular weight excluding hydrogens is 543 g/mol. The molecule has 0 spiro atoms. The Bertz CT molecular complexity index is 1780. The Morgan fingerprint density at radius 1 is 0.805 bits per heavy atom. The molecule has 0 atom stereocenters. The van der Waals surface area contributed by atoms with Gasteiger partial charge in [0.05, 0.1) is 67.2 Å². The first-order valence-electron chi connectivity index (χ1n) is 13.5. The standard InChI is InChI=1S/C30H33N4O6P/c1-4-39-41(37,40-5-2)19-18-32-25-11-7-6-10-24(25)31-28(32)21-34-27-13-9-8-12-26(27)33(30(34)36)20-22-14-16-23(17-15-22)29(35)38-3/h6-17H,4-5,18-21H2,1-3H3. The Labute approximate surface area is 237 Å². The van der Waals surface area contributed by atoms with E-state index in [1.807, 2.05) is 65.2 Å². The molecule has 0 amide bonds. The molecule has 0 aliphatic heterocycles. The van der Waals surface area contributed by atoms with Crippen molar-refractivity contribution in [3.05, 3.63) is 100 Å². The summed E-state index contributed by atoms with van der Waals surface area (Å²) in [5.41, 5.74) is 4.36. The van der Waals surface area contributed by atoms with E-state index < -0.39 is 13.6 Å². The first kappa shape index (κ1) is 28.5. The number of rotatable bonds is 12. The predicted octanol–water partition coefficient (Wildman–Crippen LogP) is 5.30. The van der Waals surface area contributed by atoms with Crippen molar-refractivity contribution in [1.29, 1.82) is 0 Å². The van der Waals surface area contributed by atoms with Crippen molar-refractivity contribution in [1.82, 2.24) is 18.7 Å². The van der Waals surface area contributed by atoms with Crippen LogP contribution in [0.2, 0.25) is 0 Å². The first-order valence-corrected chi connectivity index (χ1v) is 15.3. The monoisotopic (exact) mass is 576 g/mol. The van der Waals surface area contributed by atoms with Gasteiger partial charge in [0.2, 0.25) is 0 Å². The molecule has 10 nitrogen and oxygen atoms in total. The summed E-state index contributed by atoms with van der Waals surface area (Å²) in [5, 5.41) is 0. The van der Waals surface area contributed by atoms with Gasteiger partial charge in [-0.05, 0) is 55.8 Å². The lowest BCUT2D eigenvalue weighted by Crippen LogP contribution is -2.26. The van der Waals surface area contributed by atoms with Crippen molar-refractivity contribution >= 4 is 35.6 Å². The first-order chi connectivity index (χ1) is 19.9. The summed E-state index contributed by atoms with van der Waals surface area (Å²) < 4.78 is 34.5. The zero-order valence-electron chi connectivity index (χ0n) is 23.4. The zero-order valence-corrected chi connectivity index (χ0v) is 24.3. The molecule has 0 bridgehead atoms. The molecule has 0 saturated carbocycles. The van der Waals surface area contributed by atoms with Gasteiger partial charge >= 0.3 is 19.3 Å². The second-order valence-electron chi connectivity index (χ2n) is 9.47. The molecule has 41 heavy (non-hydrogen) atoms. The van der Waals surface area contributed by atoms with Crippen LogP contribution >= 0.6 is 7.60 Å². The topological polar surface area (TPSA) is 107 Å². The van der Waals surface area contributed by atoms with E-state index in [0.717, 1.165) is 27.6 Å². The van der Waals surface area contributed by atoms with Gasteiger partial charge in [0.1, 0.15) is 5.82 Å². The van der Waals surface area contributed by atoms with E-state index in [9.17, 15) is 14.2 Å². The van der Waals surface area contributed by atoms with E-state index >= 15 is 0 Å². The molecule has 0 fully saturated rings. The van der Waals surface area contributed by atoms with Crippen LogP contribution in [-0.4, -0.2) is 51.1 Å². The number of hydrogen-bond acceptors (Lipinski definition) is 7. The van der Waals surface area contributed by atoms with Gasteiger partial charge in [0, 0.05) is 6.54 Å². The molecule has 2 aromatic heterocycles. The van der Waals surface area contributed by atoms with Crippen LogP contribution in [0.1, 0.15) is 35.6 Å². The fraction of sp³-hybridized carbons (Fsp3) is 0.300. The van der Waals surface area contributed by atoms with Crippen LogP contribution in [0.25, 0.3) is 22.1 Å². The summed E-state index contributed by atoms with van der Waals surface area (Å²) in [6.07, 6.45) is 0.181. The number of nitrogens with zero attached hydrogens (tertiary/aromatic N) is 4. The van der Waals surface area contributed by atoms with E-state index in [1.165, 1.54) is 7.11 Å². The highest BCUT2D eigenvalue weighted by molar-refractivity contribution is 7.53. The van der Waals surface area contributed by atoms with Crippen molar-refractivity contribution in [3.8, 4) is 0 Å². The highest BCUT2D eigenvalue weighted by atomic mass is 31.2. The number of ether oxygens (including phenoxy) is 1. The lowest BCUT2D eigenvalue weighted by molar-refractivity contribution is 0.0600. The Balaban J connectivity index is 1.52. The van der Waals surface area contributed by atoms with Crippen LogP contribution in [0.5, 0.6) is 0 Å². The number of carbonyl (C=O) groups is 1. The molecule has 0 unspecified atom stereocenters. The SMILES string of the molecule is CCOP(=O)(CCn1c(Cn2c(=O)n(Cc3ccc(C(=O)OC)cc3)c3ccccc32)nc2ccccc21)OCC. The molecule has 0 aliphatic carbocycles. The van der Waals surface area contributed by atoms with Gasteiger partial charge in [-0.1, -0.05) is 36.4 Å². The number of fused-ring (bicyclic) bond motifs is 2. The molecular formula is C30H33N4O6P. The number of imidazole rings is 2. The second-order valence-corrected chi connectivity index (χ2v) is 11.7. The summed E-state index contributed by atoms with van der Waals surface area (Å²) in [7, 11) is -1.94. The van der Waals surface area contributed by atoms with Gasteiger partial charge < -0.3 is 18.4 Å². The maximum atomic E-state index is 13.9. The Hall–Kier alpha value is -3.98. The van der Waals surface area contributed by atoms with E-state index in [2.05, 4.69) is 0 Å². The average molecular weight is 577 g/mol. The van der Waals surface area contributed by atoms with Crippen LogP contribution in [0.3, 0.4) is 0 Å². The predicted molar refractivity (Wildman–Crippen MR) is 158 cm³/mol. The summed E-state index contributed by atoms with van der Waals surface area (Å²) in [5.74, 6) is 0.255. The van der Waals surface area contributed by atoms with E-state index in [-0.39, 0.29) is 31.6 Å². The molecule has 0 radical (unpaired) electrons. The zero-order chi connectivity index (χ0) is 29.0. The number of hydrogen-bond donors (Lipinski definition) is 0. The quantitative estimate of drug-likeness (QED) is 0.147. The Morgan fingerprint density at radius 3 is 2.00 bits per heavy atom. The number of methoxy groups -OCH3 is 1. The third-order valence-corrected chi connectivity index (χ3v) is 8.97. The molecule has 11 heteroatoms. The number of esters is 1. The Kier molecular flexibility index (Phi) is 8.54. The van der Waals surface area contributed by atoms with E-state index in [4.69, 9.17) is 18.8 Å². The van der Waals surface area contributed by atoms with Crippen LogP contribution in [0.15, 0.2) is 77.6 Å². The number of benzene rings is 3. The molecule has 2 heterocycles. The number of aromatic nitrogens is 4. The smallest absolute Gasteiger partial charge is 0.337 e. The average Bonchev–Trinajstić information content (AvgIpc) is 3.46. The highest BCUT2D eigenvalue weighted by Crippen LogP contribution is 2.48. The fourth-order valence-electron chi connectivity index (χ4n) is 5.04. The van der Waals surface area contributed by atoms with Gasteiger partial charge in [0.25, 0.3) is 0 Å². The molecule has 0 N–H and O–H groups in total. The van der Waals surface area contributed by atoms with Crippen LogP contribution in [-0.2, 0) is 38.0 Å². The van der Waals surface area contributed by atoms with E-state index in [0.29, 0.717) is 24.5 Å². The minimum absolute atomic E-state index is 0.181. The van der Waals surface area contributed by atoms with Crippen molar-refractivity contribution < 1.29 is 23.1 Å². The van der Waals surface area contributed by atoms with Crippen LogP contribution < -0.4 is 5.69 Å². The summed E-state index contributed by atoms with van der Waals surface area (Å²) >= 11 is 0. The third-order valence-electron chi connectivity index (χ3n) is 6.92. The molecule has 214 valence electrons. The lowest BCUT2D eigenvalue weighted by Gasteiger charge is -2.18. The highest BCUT2D eigenvalue weighted by Gasteiger charge is 2.25. The van der Waals surface area contributed by atoms with Gasteiger partial charge in [-0.15, -0.1) is 0 Å². The van der Waals surface area contributed by atoms with Gasteiger partial charge in [-0.3, -0.25) is 13.7 Å². The van der Waals surface area contributed by atoms with Crippen LogP contribution in [0, 0.1) is 0 Å². The van der Waals surface area contributed by atoms with Crippen molar-refractivity contribution in [3.63, 3.8) is 0 Å². The Morgan fingerprint density at radius 2 is 1.39 bits per heavy atom. The molecule has 5 rings (SSSR count). The maximum absolute atomic E-state index is 13.9. The summed E-state index contributed by atoms with van der Waals surface area (Å²) in [4.78, 5) is 30.5. The molecule has 3 aromatic carbocycles. The van der Waals surface area contributed by atoms with Gasteiger partial charge in [0.15, 0.2) is 0 Å². The van der Waals surface area contributed by atoms with Crippen molar-refractivity contribution in [2.24, 2.45) is 0 Å². The summed E-state index contributed by atoms with van der Waals surface area (Å²) in [6, 6.07) is 22.4. The minimum atomic E-state index is -3.29. The molecule has 0 aliphatic rings. The van der Waals surface area contributed by atoms with Crippen molar-refractivity contribution in [2.75, 3.05) is 26.5 Å². The molecule has 0 saturated heterocycles. The van der Waals surface area contributed by atoms with Crippen molar-refractivity contribution in [2.45, 2.75) is 33.5 Å². The van der Waals surface area contributed by atoms with Gasteiger partial charge in [-0.2, -0.15) is 0 Å². The largest absolute Gasteiger partial charge is 0.465 e.